The van der Waals surface area contributed by atoms with Crippen molar-refractivity contribution in [2.24, 2.45) is 0 Å². The van der Waals surface area contributed by atoms with E-state index in [0.717, 1.165) is 13.2 Å². The van der Waals surface area contributed by atoms with Gasteiger partial charge in [0.1, 0.15) is 0 Å². The third-order valence-corrected chi connectivity index (χ3v) is 9.08. The van der Waals surface area contributed by atoms with E-state index in [0.29, 0.717) is 23.6 Å². The van der Waals surface area contributed by atoms with Gasteiger partial charge in [0, 0.05) is 25.3 Å². The number of ether oxygens (including phenoxy) is 1. The molecule has 0 fully saturated rings. The van der Waals surface area contributed by atoms with Gasteiger partial charge in [-0.2, -0.15) is 0 Å². The summed E-state index contributed by atoms with van der Waals surface area (Å²) in [5.41, 5.74) is -0.238. The Balaban J connectivity index is 0. The first-order chi connectivity index (χ1) is 10.7. The molecule has 0 aromatic carbocycles. The molecular formula is C17H41NO4Si2. The van der Waals surface area contributed by atoms with Gasteiger partial charge in [-0.1, -0.05) is 20.8 Å². The quantitative estimate of drug-likeness (QED) is 0.662. The summed E-state index contributed by atoms with van der Waals surface area (Å²) < 4.78 is 15.9. The number of hydrogen-bond acceptors (Lipinski definition) is 4. The van der Waals surface area contributed by atoms with E-state index in [4.69, 9.17) is 13.6 Å². The Morgan fingerprint density at radius 1 is 1.04 bits per heavy atom. The zero-order valence-electron chi connectivity index (χ0n) is 17.9. The number of carbonyl (C=O) groups excluding carboxylic acids is 1. The summed E-state index contributed by atoms with van der Waals surface area (Å²) >= 11 is 0. The number of nitrogens with zero attached hydrogens (tertiary/aromatic N) is 1. The molecule has 0 rings (SSSR count). The van der Waals surface area contributed by atoms with Crippen LogP contribution in [0.15, 0.2) is 0 Å². The molecule has 0 bridgehead atoms. The van der Waals surface area contributed by atoms with Crippen molar-refractivity contribution in [2.75, 3.05) is 26.4 Å². The van der Waals surface area contributed by atoms with Crippen molar-refractivity contribution in [1.82, 2.24) is 4.90 Å². The van der Waals surface area contributed by atoms with E-state index in [1.807, 2.05) is 34.6 Å². The molecule has 0 aliphatic heterocycles. The summed E-state index contributed by atoms with van der Waals surface area (Å²) in [6, 6.07) is 0. The van der Waals surface area contributed by atoms with Gasteiger partial charge in [-0.15, -0.1) is 0 Å². The fourth-order valence-electron chi connectivity index (χ4n) is 1.62. The van der Waals surface area contributed by atoms with Crippen molar-refractivity contribution in [3.63, 3.8) is 0 Å². The van der Waals surface area contributed by atoms with E-state index in [1.54, 1.807) is 4.90 Å². The van der Waals surface area contributed by atoms with Gasteiger partial charge in [0.15, 0.2) is 8.32 Å². The van der Waals surface area contributed by atoms with E-state index in [9.17, 15) is 4.79 Å². The van der Waals surface area contributed by atoms with Crippen LogP contribution in [0.5, 0.6) is 0 Å². The molecule has 0 heterocycles. The van der Waals surface area contributed by atoms with Crippen LogP contribution >= 0.6 is 0 Å². The summed E-state index contributed by atoms with van der Waals surface area (Å²) in [5, 5.41) is 0.192. The average molecular weight is 380 g/mol. The maximum atomic E-state index is 11.8. The third kappa shape index (κ3) is 10.5. The molecule has 0 atom stereocenters. The predicted molar refractivity (Wildman–Crippen MR) is 108 cm³/mol. The van der Waals surface area contributed by atoms with E-state index >= 15 is 0 Å². The van der Waals surface area contributed by atoms with Gasteiger partial charge in [-0.25, -0.2) is 4.79 Å². The molecule has 0 N–H and O–H groups in total. The van der Waals surface area contributed by atoms with Gasteiger partial charge < -0.3 is 18.5 Å². The summed E-state index contributed by atoms with van der Waals surface area (Å²) in [6.07, 6.45) is -0.238. The highest BCUT2D eigenvalue weighted by atomic mass is 28.4. The highest BCUT2D eigenvalue weighted by Crippen LogP contribution is 2.36. The topological polar surface area (TPSA) is 48.0 Å². The van der Waals surface area contributed by atoms with Crippen LogP contribution in [-0.2, 0) is 13.6 Å². The Morgan fingerprint density at radius 2 is 1.50 bits per heavy atom. The molecule has 146 valence electrons. The average Bonchev–Trinajstić information content (AvgIpc) is 2.41. The molecule has 0 aromatic heterocycles. The van der Waals surface area contributed by atoms with Crippen LogP contribution in [0.1, 0.15) is 55.4 Å². The van der Waals surface area contributed by atoms with Gasteiger partial charge in [0.25, 0.3) is 0 Å². The van der Waals surface area contributed by atoms with Crippen LogP contribution in [0.3, 0.4) is 0 Å². The Morgan fingerprint density at radius 3 is 1.75 bits per heavy atom. The van der Waals surface area contributed by atoms with Crippen molar-refractivity contribution in [2.45, 2.75) is 79.1 Å². The lowest BCUT2D eigenvalue weighted by Gasteiger charge is -2.39. The van der Waals surface area contributed by atoms with E-state index in [2.05, 4.69) is 33.9 Å². The van der Waals surface area contributed by atoms with Gasteiger partial charge in [0.2, 0.25) is 10.5 Å². The monoisotopic (exact) mass is 379 g/mol. The summed E-state index contributed by atoms with van der Waals surface area (Å²) in [4.78, 5) is 13.5. The number of carbonyl (C=O) groups is 1. The fourth-order valence-corrected chi connectivity index (χ4v) is 2.88. The fraction of sp³-hybridized carbons (Fsp3) is 0.941. The molecule has 1 amide bonds. The zero-order valence-corrected chi connectivity index (χ0v) is 20.9. The molecule has 0 unspecified atom stereocenters. The van der Waals surface area contributed by atoms with Crippen LogP contribution < -0.4 is 0 Å². The minimum atomic E-state index is -1.75. The van der Waals surface area contributed by atoms with E-state index in [1.165, 1.54) is 0 Å². The minimum absolute atomic E-state index is 0.192. The number of amides is 1. The third-order valence-electron chi connectivity index (χ3n) is 4.20. The van der Waals surface area contributed by atoms with Crippen molar-refractivity contribution in [1.29, 1.82) is 0 Å². The highest BCUT2D eigenvalue weighted by molar-refractivity contribution is 6.74. The van der Waals surface area contributed by atoms with Crippen molar-refractivity contribution in [3.8, 4) is 0 Å². The molecule has 0 saturated carbocycles. The normalized spacial score (nSPS) is 12.4. The first kappa shape index (κ1) is 25.9. The molecule has 24 heavy (non-hydrogen) atoms. The summed E-state index contributed by atoms with van der Waals surface area (Å²) in [6.45, 7) is 23.9. The SMILES string of the molecule is CC(C)(C)N(CCO[Si](C)(C)C(C)(C)C)C(=O)O[SiH3].CCOCC. The van der Waals surface area contributed by atoms with Gasteiger partial charge in [-0.3, -0.25) is 0 Å². The maximum Gasteiger partial charge on any atom is 0.396 e. The summed E-state index contributed by atoms with van der Waals surface area (Å²) in [5.74, 6) is 0. The van der Waals surface area contributed by atoms with Crippen LogP contribution in [0, 0.1) is 0 Å². The Hall–Kier alpha value is -0.376. The van der Waals surface area contributed by atoms with Crippen molar-refractivity contribution in [3.05, 3.63) is 0 Å². The smallest absolute Gasteiger partial charge is 0.396 e. The lowest BCUT2D eigenvalue weighted by molar-refractivity contribution is 0.0951. The van der Waals surface area contributed by atoms with Crippen LogP contribution in [0.25, 0.3) is 0 Å². The number of rotatable bonds is 6. The second-order valence-corrected chi connectivity index (χ2v) is 13.4. The first-order valence-electron chi connectivity index (χ1n) is 8.81. The Labute approximate surface area is 154 Å². The predicted octanol–water partition coefficient (Wildman–Crippen LogP) is 3.57. The van der Waals surface area contributed by atoms with E-state index in [-0.39, 0.29) is 16.7 Å². The molecule has 0 aliphatic carbocycles. The van der Waals surface area contributed by atoms with Crippen LogP contribution in [-0.4, -0.2) is 61.7 Å². The Kier molecular flexibility index (Phi) is 12.2. The molecule has 0 saturated heterocycles. The largest absolute Gasteiger partial charge is 0.513 e. The van der Waals surface area contributed by atoms with Crippen molar-refractivity contribution < 1.29 is 18.4 Å². The molecule has 0 aromatic rings. The molecule has 0 aliphatic rings. The van der Waals surface area contributed by atoms with Gasteiger partial charge >= 0.3 is 6.09 Å². The molecule has 0 radical (unpaired) electrons. The number of hydrogen-bond donors (Lipinski definition) is 0. The molecule has 5 nitrogen and oxygen atoms in total. The second kappa shape index (κ2) is 11.3. The van der Waals surface area contributed by atoms with E-state index < -0.39 is 8.32 Å². The first-order valence-corrected chi connectivity index (χ1v) is 12.5. The van der Waals surface area contributed by atoms with Crippen molar-refractivity contribution >= 4 is 24.9 Å². The lowest BCUT2D eigenvalue weighted by atomic mass is 10.1. The molecular weight excluding hydrogens is 338 g/mol. The molecule has 0 spiro atoms. The second-order valence-electron chi connectivity index (χ2n) is 8.18. The maximum absolute atomic E-state index is 11.8. The minimum Gasteiger partial charge on any atom is -0.513 e. The zero-order chi connectivity index (χ0) is 19.6. The lowest BCUT2D eigenvalue weighted by Crippen LogP contribution is -2.49. The molecule has 7 heteroatoms. The van der Waals surface area contributed by atoms with Gasteiger partial charge in [-0.05, 0) is 52.8 Å². The highest BCUT2D eigenvalue weighted by Gasteiger charge is 2.37. The van der Waals surface area contributed by atoms with Crippen LogP contribution in [0.4, 0.5) is 4.79 Å². The Bertz CT molecular complexity index is 347. The standard InChI is InChI=1S/C13H31NO3Si2.C4H10O/c1-12(2,3)14(11(15)17-18)9-10-16-19(7,8)13(4,5)6;1-3-5-4-2/h9-10H2,1-8,18H3;3-4H2,1-2H3. The summed E-state index contributed by atoms with van der Waals surface area (Å²) in [7, 11) is -1.32. The van der Waals surface area contributed by atoms with Gasteiger partial charge in [0.05, 0.1) is 6.61 Å². The van der Waals surface area contributed by atoms with Crippen LogP contribution in [0.2, 0.25) is 18.1 Å².